The van der Waals surface area contributed by atoms with Crippen molar-refractivity contribution in [3.05, 3.63) is 35.2 Å². The van der Waals surface area contributed by atoms with Crippen LogP contribution in [-0.4, -0.2) is 61.0 Å². The quantitative estimate of drug-likeness (QED) is 0.845. The number of aryl methyl sites for hydroxylation is 1. The summed E-state index contributed by atoms with van der Waals surface area (Å²) < 4.78 is 0. The number of thiazole rings is 1. The van der Waals surface area contributed by atoms with Crippen LogP contribution in [0.4, 0.5) is 5.13 Å². The standard InChI is InChI=1S/C20H28N4OS/c1-15-6-4-7-16(12-15)18-14-26-20(21-18)22-19(25)17-8-5-9-24(13-17)11-10-23(2)3/h4,6-7,12,14,17H,5,8-11,13H2,1-3H3,(H,21,22,25). The van der Waals surface area contributed by atoms with Crippen molar-refractivity contribution in [3.8, 4) is 11.3 Å². The summed E-state index contributed by atoms with van der Waals surface area (Å²) in [5, 5.41) is 5.73. The Morgan fingerprint density at radius 1 is 1.42 bits per heavy atom. The van der Waals surface area contributed by atoms with Gasteiger partial charge in [-0.15, -0.1) is 11.3 Å². The molecule has 1 amide bonds. The Morgan fingerprint density at radius 3 is 3.04 bits per heavy atom. The molecule has 1 aliphatic heterocycles. The van der Waals surface area contributed by atoms with Crippen molar-refractivity contribution in [3.63, 3.8) is 0 Å². The molecular formula is C20H28N4OS. The maximum absolute atomic E-state index is 12.7. The number of nitrogens with zero attached hydrogens (tertiary/aromatic N) is 3. The molecule has 1 aromatic carbocycles. The van der Waals surface area contributed by atoms with E-state index in [4.69, 9.17) is 0 Å². The van der Waals surface area contributed by atoms with Crippen molar-refractivity contribution in [2.75, 3.05) is 45.6 Å². The molecule has 140 valence electrons. The highest BCUT2D eigenvalue weighted by Crippen LogP contribution is 2.26. The van der Waals surface area contributed by atoms with Crippen LogP contribution in [0.1, 0.15) is 18.4 Å². The van der Waals surface area contributed by atoms with Gasteiger partial charge in [-0.3, -0.25) is 4.79 Å². The summed E-state index contributed by atoms with van der Waals surface area (Å²) in [7, 11) is 4.17. The maximum Gasteiger partial charge on any atom is 0.230 e. The van der Waals surface area contributed by atoms with Gasteiger partial charge in [-0.25, -0.2) is 4.98 Å². The molecule has 0 radical (unpaired) electrons. The van der Waals surface area contributed by atoms with Crippen LogP contribution in [0.3, 0.4) is 0 Å². The van der Waals surface area contributed by atoms with Crippen molar-refractivity contribution >= 4 is 22.4 Å². The second kappa shape index (κ2) is 8.75. The molecule has 3 rings (SSSR count). The molecule has 1 atom stereocenters. The van der Waals surface area contributed by atoms with Crippen molar-refractivity contribution in [2.24, 2.45) is 5.92 Å². The zero-order chi connectivity index (χ0) is 18.5. The second-order valence-electron chi connectivity index (χ2n) is 7.34. The van der Waals surface area contributed by atoms with E-state index in [2.05, 4.69) is 59.3 Å². The number of benzene rings is 1. The molecule has 1 N–H and O–H groups in total. The van der Waals surface area contributed by atoms with Crippen molar-refractivity contribution in [2.45, 2.75) is 19.8 Å². The van der Waals surface area contributed by atoms with E-state index in [0.29, 0.717) is 5.13 Å². The highest BCUT2D eigenvalue weighted by Gasteiger charge is 2.26. The number of hydrogen-bond donors (Lipinski definition) is 1. The first-order valence-electron chi connectivity index (χ1n) is 9.22. The highest BCUT2D eigenvalue weighted by molar-refractivity contribution is 7.14. The smallest absolute Gasteiger partial charge is 0.230 e. The van der Waals surface area contributed by atoms with Crippen LogP contribution in [0.5, 0.6) is 0 Å². The molecule has 0 saturated carbocycles. The summed E-state index contributed by atoms with van der Waals surface area (Å²) >= 11 is 1.49. The lowest BCUT2D eigenvalue weighted by Gasteiger charge is -2.32. The van der Waals surface area contributed by atoms with Crippen LogP contribution >= 0.6 is 11.3 Å². The van der Waals surface area contributed by atoms with E-state index >= 15 is 0 Å². The summed E-state index contributed by atoms with van der Waals surface area (Å²) in [5.74, 6) is 0.155. The highest BCUT2D eigenvalue weighted by atomic mass is 32.1. The average molecular weight is 373 g/mol. The van der Waals surface area contributed by atoms with E-state index in [0.717, 1.165) is 50.3 Å². The lowest BCUT2D eigenvalue weighted by Crippen LogP contribution is -2.43. The first-order chi connectivity index (χ1) is 12.5. The van der Waals surface area contributed by atoms with E-state index < -0.39 is 0 Å². The van der Waals surface area contributed by atoms with Gasteiger partial charge in [0.1, 0.15) is 0 Å². The lowest BCUT2D eigenvalue weighted by molar-refractivity contribution is -0.121. The zero-order valence-corrected chi connectivity index (χ0v) is 16.7. The van der Waals surface area contributed by atoms with Gasteiger partial charge in [-0.1, -0.05) is 23.8 Å². The summed E-state index contributed by atoms with van der Waals surface area (Å²) in [5.41, 5.74) is 3.22. The number of rotatable bonds is 6. The Balaban J connectivity index is 1.58. The number of hydrogen-bond acceptors (Lipinski definition) is 5. The fourth-order valence-corrected chi connectivity index (χ4v) is 4.01. The summed E-state index contributed by atoms with van der Waals surface area (Å²) in [6, 6.07) is 8.28. The third kappa shape index (κ3) is 5.13. The normalized spacial score (nSPS) is 18.2. The number of carbonyl (C=O) groups is 1. The molecule has 0 aliphatic carbocycles. The van der Waals surface area contributed by atoms with E-state index in [1.54, 1.807) is 0 Å². The Labute approximate surface area is 160 Å². The minimum atomic E-state index is 0.0530. The van der Waals surface area contributed by atoms with Gasteiger partial charge >= 0.3 is 0 Å². The van der Waals surface area contributed by atoms with E-state index in [1.807, 2.05) is 11.4 Å². The van der Waals surface area contributed by atoms with Crippen molar-refractivity contribution < 1.29 is 4.79 Å². The molecule has 1 aromatic heterocycles. The minimum absolute atomic E-state index is 0.0530. The first-order valence-corrected chi connectivity index (χ1v) is 10.1. The fourth-order valence-electron chi connectivity index (χ4n) is 3.29. The number of carbonyl (C=O) groups excluding carboxylic acids is 1. The van der Waals surface area contributed by atoms with Gasteiger partial charge in [-0.2, -0.15) is 0 Å². The van der Waals surface area contributed by atoms with Crippen LogP contribution in [0.2, 0.25) is 0 Å². The molecular weight excluding hydrogens is 344 g/mol. The largest absolute Gasteiger partial charge is 0.308 e. The number of anilines is 1. The molecule has 1 fully saturated rings. The van der Waals surface area contributed by atoms with Gasteiger partial charge < -0.3 is 15.1 Å². The average Bonchev–Trinajstić information content (AvgIpc) is 3.09. The van der Waals surface area contributed by atoms with Gasteiger partial charge in [0.25, 0.3) is 0 Å². The van der Waals surface area contributed by atoms with E-state index in [1.165, 1.54) is 16.9 Å². The van der Waals surface area contributed by atoms with Gasteiger partial charge in [0.15, 0.2) is 5.13 Å². The molecule has 1 unspecified atom stereocenters. The number of likely N-dealkylation sites (tertiary alicyclic amines) is 1. The van der Waals surface area contributed by atoms with Crippen LogP contribution in [0, 0.1) is 12.8 Å². The topological polar surface area (TPSA) is 48.5 Å². The molecule has 1 aliphatic rings. The van der Waals surface area contributed by atoms with Crippen LogP contribution in [-0.2, 0) is 4.79 Å². The van der Waals surface area contributed by atoms with E-state index in [-0.39, 0.29) is 11.8 Å². The number of piperidine rings is 1. The lowest BCUT2D eigenvalue weighted by atomic mass is 9.97. The van der Waals surface area contributed by atoms with Gasteiger partial charge in [-0.05, 0) is 46.5 Å². The molecule has 6 heteroatoms. The van der Waals surface area contributed by atoms with E-state index in [9.17, 15) is 4.79 Å². The van der Waals surface area contributed by atoms with Gasteiger partial charge in [0, 0.05) is 30.6 Å². The second-order valence-corrected chi connectivity index (χ2v) is 8.20. The number of aromatic nitrogens is 1. The Kier molecular flexibility index (Phi) is 6.40. The van der Waals surface area contributed by atoms with Crippen molar-refractivity contribution in [1.82, 2.24) is 14.8 Å². The van der Waals surface area contributed by atoms with Gasteiger partial charge in [0.05, 0.1) is 11.6 Å². The Hall–Kier alpha value is -1.76. The molecule has 0 bridgehead atoms. The minimum Gasteiger partial charge on any atom is -0.308 e. The van der Waals surface area contributed by atoms with Crippen LogP contribution in [0.15, 0.2) is 29.6 Å². The maximum atomic E-state index is 12.7. The van der Waals surface area contributed by atoms with Crippen molar-refractivity contribution in [1.29, 1.82) is 0 Å². The first kappa shape index (κ1) is 19.0. The molecule has 1 saturated heterocycles. The molecule has 5 nitrogen and oxygen atoms in total. The Morgan fingerprint density at radius 2 is 2.27 bits per heavy atom. The monoisotopic (exact) mass is 372 g/mol. The summed E-state index contributed by atoms with van der Waals surface area (Å²) in [6.07, 6.45) is 2.04. The molecule has 0 spiro atoms. The van der Waals surface area contributed by atoms with Gasteiger partial charge in [0.2, 0.25) is 5.91 Å². The third-order valence-corrected chi connectivity index (χ3v) is 5.55. The molecule has 26 heavy (non-hydrogen) atoms. The number of likely N-dealkylation sites (N-methyl/N-ethyl adjacent to an activating group) is 1. The summed E-state index contributed by atoms with van der Waals surface area (Å²) in [6.45, 7) is 6.05. The Bertz CT molecular complexity index is 743. The molecule has 2 heterocycles. The van der Waals surface area contributed by atoms with Crippen LogP contribution in [0.25, 0.3) is 11.3 Å². The SMILES string of the molecule is Cc1cccc(-c2csc(NC(=O)C3CCCN(CCN(C)C)C3)n2)c1. The summed E-state index contributed by atoms with van der Waals surface area (Å²) in [4.78, 5) is 21.9. The fraction of sp³-hybridized carbons (Fsp3) is 0.500. The number of nitrogens with one attached hydrogen (secondary N) is 1. The van der Waals surface area contributed by atoms with Crippen LogP contribution < -0.4 is 5.32 Å². The zero-order valence-electron chi connectivity index (χ0n) is 15.9. The predicted molar refractivity (Wildman–Crippen MR) is 109 cm³/mol. The predicted octanol–water partition coefficient (Wildman–Crippen LogP) is 3.33. The number of amides is 1. The third-order valence-electron chi connectivity index (χ3n) is 4.79. The molecule has 2 aromatic rings.